The van der Waals surface area contributed by atoms with Crippen LogP contribution in [0.3, 0.4) is 0 Å². The maximum Gasteiger partial charge on any atom is 0.218 e. The second kappa shape index (κ2) is 3.39. The molecule has 2 fully saturated rings. The minimum absolute atomic E-state index is 0.331. The van der Waals surface area contributed by atoms with E-state index in [0.29, 0.717) is 0 Å². The molecule has 0 radical (unpaired) electrons. The summed E-state index contributed by atoms with van der Waals surface area (Å²) in [5, 5.41) is 33.5. The molecule has 7 nitrogen and oxygen atoms in total. The molecule has 2 rings (SSSR count). The van der Waals surface area contributed by atoms with Crippen molar-refractivity contribution in [1.29, 1.82) is 0 Å². The van der Waals surface area contributed by atoms with Gasteiger partial charge in [-0.2, -0.15) is 0 Å². The molecule has 5 N–H and O–H groups in total. The Morgan fingerprint density at radius 3 is 2.80 bits per heavy atom. The summed E-state index contributed by atoms with van der Waals surface area (Å²) in [6.45, 7) is 0.926. The van der Waals surface area contributed by atoms with Crippen LogP contribution >= 0.6 is 0 Å². The largest absolute Gasteiger partial charge is 0.394 e. The highest BCUT2D eigenvalue weighted by molar-refractivity contribution is 5.74. The van der Waals surface area contributed by atoms with Gasteiger partial charge in [0.2, 0.25) is 5.91 Å². The van der Waals surface area contributed by atoms with E-state index < -0.39 is 30.2 Å². The summed E-state index contributed by atoms with van der Waals surface area (Å²) < 4.78 is 5.21. The highest BCUT2D eigenvalue weighted by Crippen LogP contribution is 2.37. The lowest BCUT2D eigenvalue weighted by atomic mass is 9.97. The van der Waals surface area contributed by atoms with E-state index in [0.717, 1.165) is 0 Å². The lowest BCUT2D eigenvalue weighted by Gasteiger charge is -2.35. The summed E-state index contributed by atoms with van der Waals surface area (Å²) in [4.78, 5) is 10.9. The number of aliphatic hydroxyl groups is 3. The number of rotatable bonds is 2. The molecule has 0 aromatic carbocycles. The highest BCUT2D eigenvalue weighted by atomic mass is 16.6. The van der Waals surface area contributed by atoms with Crippen LogP contribution in [0.2, 0.25) is 0 Å². The number of carbonyl (C=O) groups is 1. The van der Waals surface area contributed by atoms with Gasteiger partial charge in [0.15, 0.2) is 5.66 Å². The van der Waals surface area contributed by atoms with Crippen LogP contribution < -0.4 is 10.6 Å². The van der Waals surface area contributed by atoms with Crippen LogP contribution in [0, 0.1) is 0 Å². The Balaban J connectivity index is 2.11. The minimum Gasteiger partial charge on any atom is -0.394 e. The first-order chi connectivity index (χ1) is 7.01. The van der Waals surface area contributed by atoms with Gasteiger partial charge >= 0.3 is 0 Å². The van der Waals surface area contributed by atoms with Crippen LogP contribution in [-0.4, -0.2) is 58.0 Å². The third kappa shape index (κ3) is 1.52. The Labute approximate surface area is 86.0 Å². The minimum atomic E-state index is -1.23. The van der Waals surface area contributed by atoms with Crippen molar-refractivity contribution in [2.24, 2.45) is 0 Å². The van der Waals surface area contributed by atoms with Crippen LogP contribution in [0.1, 0.15) is 6.92 Å². The quantitative estimate of drug-likeness (QED) is 0.312. The molecule has 86 valence electrons. The van der Waals surface area contributed by atoms with Gasteiger partial charge in [-0.05, 0) is 0 Å². The topological polar surface area (TPSA) is 121 Å². The van der Waals surface area contributed by atoms with Gasteiger partial charge in [0.1, 0.15) is 24.5 Å². The molecule has 0 aromatic rings. The van der Waals surface area contributed by atoms with Gasteiger partial charge in [0.05, 0.1) is 6.61 Å². The van der Waals surface area contributed by atoms with Gasteiger partial charge in [-0.1, -0.05) is 0 Å². The van der Waals surface area contributed by atoms with E-state index in [-0.39, 0.29) is 12.5 Å². The van der Waals surface area contributed by atoms with E-state index in [4.69, 9.17) is 9.84 Å². The number of amides is 1. The number of aliphatic hydroxyl groups excluding tert-OH is 3. The molecule has 0 unspecified atom stereocenters. The molecule has 0 aromatic heterocycles. The molecule has 15 heavy (non-hydrogen) atoms. The second-order valence-electron chi connectivity index (χ2n) is 3.87. The summed E-state index contributed by atoms with van der Waals surface area (Å²) >= 11 is 0. The predicted molar refractivity (Wildman–Crippen MR) is 47.4 cm³/mol. The molecule has 2 heterocycles. The average molecular weight is 218 g/mol. The monoisotopic (exact) mass is 218 g/mol. The van der Waals surface area contributed by atoms with Gasteiger partial charge in [0, 0.05) is 6.92 Å². The zero-order valence-corrected chi connectivity index (χ0v) is 8.17. The predicted octanol–water partition coefficient (Wildman–Crippen LogP) is -3.14. The van der Waals surface area contributed by atoms with Crippen molar-refractivity contribution in [3.05, 3.63) is 0 Å². The van der Waals surface area contributed by atoms with E-state index in [1.54, 1.807) is 0 Å². The van der Waals surface area contributed by atoms with Crippen LogP contribution in [0.5, 0.6) is 0 Å². The molecule has 0 bridgehead atoms. The molecular weight excluding hydrogens is 204 g/mol. The van der Waals surface area contributed by atoms with E-state index in [9.17, 15) is 15.0 Å². The first-order valence-corrected chi connectivity index (χ1v) is 4.70. The number of hydrogen-bond donors (Lipinski definition) is 5. The van der Waals surface area contributed by atoms with Crippen molar-refractivity contribution in [2.45, 2.75) is 37.1 Å². The van der Waals surface area contributed by atoms with Crippen LogP contribution in [0.25, 0.3) is 0 Å². The molecule has 2 saturated heterocycles. The lowest BCUT2D eigenvalue weighted by molar-refractivity contribution is -0.165. The summed E-state index contributed by atoms with van der Waals surface area (Å²) in [6.07, 6.45) is -3.82. The highest BCUT2D eigenvalue weighted by Gasteiger charge is 2.67. The standard InChI is InChI=1S/C8H14N2O5/c1-3(12)9-8-6(14)5(13)4(2-11)15-7(8)10-8/h4-7,10-11,13-14H,2H2,1H3,(H,9,12)/t4-,5-,6+,7-,8+/m1/s1. The van der Waals surface area contributed by atoms with Crippen LogP contribution in [-0.2, 0) is 9.53 Å². The zero-order chi connectivity index (χ0) is 11.2. The zero-order valence-electron chi connectivity index (χ0n) is 8.17. The van der Waals surface area contributed by atoms with Crippen LogP contribution in [0.4, 0.5) is 0 Å². The number of hydrogen-bond acceptors (Lipinski definition) is 6. The number of ether oxygens (including phenoxy) is 1. The Bertz CT molecular complexity index is 286. The van der Waals surface area contributed by atoms with Crippen molar-refractivity contribution in [3.8, 4) is 0 Å². The van der Waals surface area contributed by atoms with Gasteiger partial charge in [-0.25, -0.2) is 0 Å². The summed E-state index contributed by atoms with van der Waals surface area (Å²) in [5.74, 6) is -0.331. The van der Waals surface area contributed by atoms with Crippen molar-refractivity contribution < 1.29 is 24.9 Å². The lowest BCUT2D eigenvalue weighted by Crippen LogP contribution is -2.61. The van der Waals surface area contributed by atoms with E-state index in [1.807, 2.05) is 0 Å². The van der Waals surface area contributed by atoms with Crippen molar-refractivity contribution in [1.82, 2.24) is 10.6 Å². The molecule has 2 aliphatic rings. The summed E-state index contributed by atoms with van der Waals surface area (Å²) in [6, 6.07) is 0. The number of carbonyl (C=O) groups excluding carboxylic acids is 1. The average Bonchev–Trinajstić information content (AvgIpc) is 2.85. The molecule has 1 amide bonds. The molecule has 7 heteroatoms. The fraction of sp³-hybridized carbons (Fsp3) is 0.875. The molecule has 0 saturated carbocycles. The molecule has 5 atom stereocenters. The Hall–Kier alpha value is -0.730. The molecule has 0 spiro atoms. The number of nitrogens with one attached hydrogen (secondary N) is 2. The SMILES string of the molecule is CC(=O)N[C@@]12N[C@@H]1O[C@H](CO)[C@@H](O)[C@@H]2O. The van der Waals surface area contributed by atoms with Gasteiger partial charge in [0.25, 0.3) is 0 Å². The third-order valence-electron chi connectivity index (χ3n) is 2.74. The second-order valence-corrected chi connectivity index (χ2v) is 3.87. The van der Waals surface area contributed by atoms with E-state index in [2.05, 4.69) is 10.6 Å². The van der Waals surface area contributed by atoms with Gasteiger partial charge in [-0.15, -0.1) is 0 Å². The summed E-state index contributed by atoms with van der Waals surface area (Å²) in [5.41, 5.74) is -1.10. The van der Waals surface area contributed by atoms with Gasteiger partial charge < -0.3 is 25.4 Å². The summed E-state index contributed by atoms with van der Waals surface area (Å²) in [7, 11) is 0. The van der Waals surface area contributed by atoms with Gasteiger partial charge in [-0.3, -0.25) is 10.1 Å². The maximum atomic E-state index is 10.9. The van der Waals surface area contributed by atoms with Crippen molar-refractivity contribution in [3.63, 3.8) is 0 Å². The fourth-order valence-corrected chi connectivity index (χ4v) is 1.90. The van der Waals surface area contributed by atoms with Crippen molar-refractivity contribution >= 4 is 5.91 Å². The molecular formula is C8H14N2O5. The Kier molecular flexibility index (Phi) is 2.44. The Morgan fingerprint density at radius 1 is 1.60 bits per heavy atom. The normalized spacial score (nSPS) is 48.3. The van der Waals surface area contributed by atoms with Crippen LogP contribution in [0.15, 0.2) is 0 Å². The first kappa shape index (κ1) is 10.8. The maximum absolute atomic E-state index is 10.9. The molecule has 0 aliphatic carbocycles. The van der Waals surface area contributed by atoms with Crippen molar-refractivity contribution in [2.75, 3.05) is 6.61 Å². The Morgan fingerprint density at radius 2 is 2.27 bits per heavy atom. The van der Waals surface area contributed by atoms with E-state index >= 15 is 0 Å². The fourth-order valence-electron chi connectivity index (χ4n) is 1.90. The number of fused-ring (bicyclic) bond motifs is 1. The van der Waals surface area contributed by atoms with E-state index in [1.165, 1.54) is 6.92 Å². The molecule has 2 aliphatic heterocycles. The first-order valence-electron chi connectivity index (χ1n) is 4.70. The smallest absolute Gasteiger partial charge is 0.218 e. The third-order valence-corrected chi connectivity index (χ3v) is 2.74.